The van der Waals surface area contributed by atoms with E-state index in [1.807, 2.05) is 19.1 Å². The van der Waals surface area contributed by atoms with Crippen molar-refractivity contribution in [3.05, 3.63) is 23.8 Å². The lowest BCUT2D eigenvalue weighted by Crippen LogP contribution is -2.24. The molecule has 1 aromatic carbocycles. The lowest BCUT2D eigenvalue weighted by atomic mass is 10.1. The van der Waals surface area contributed by atoms with E-state index in [2.05, 4.69) is 26.4 Å². The number of thiazole rings is 1. The first kappa shape index (κ1) is 16.4. The van der Waals surface area contributed by atoms with E-state index in [0.717, 1.165) is 40.2 Å². The molecule has 1 saturated carbocycles. The summed E-state index contributed by atoms with van der Waals surface area (Å²) < 4.78 is 1.05. The maximum absolute atomic E-state index is 12.2. The number of aromatic nitrogens is 1. The van der Waals surface area contributed by atoms with Gasteiger partial charge in [0, 0.05) is 11.6 Å². The van der Waals surface area contributed by atoms with Crippen LogP contribution < -0.4 is 5.32 Å². The number of nitrogens with zero attached hydrogens (tertiary/aromatic N) is 3. The van der Waals surface area contributed by atoms with Crippen molar-refractivity contribution in [2.45, 2.75) is 26.2 Å². The molecule has 1 aromatic heterocycles. The maximum atomic E-state index is 12.2. The van der Waals surface area contributed by atoms with Crippen LogP contribution in [-0.2, 0) is 4.79 Å². The molecule has 1 aliphatic carbocycles. The van der Waals surface area contributed by atoms with Gasteiger partial charge in [-0.1, -0.05) is 29.2 Å². The number of aryl methyl sites for hydroxylation is 1. The molecule has 2 aromatic rings. The topological polar surface area (TPSA) is 83.8 Å². The number of hydrogen-bond donors (Lipinski definition) is 1. The summed E-state index contributed by atoms with van der Waals surface area (Å²) in [5.41, 5.74) is 2.97. The number of amides is 3. The summed E-state index contributed by atoms with van der Waals surface area (Å²) in [6, 6.07) is 5.57. The van der Waals surface area contributed by atoms with Gasteiger partial charge in [-0.2, -0.15) is 4.99 Å². The molecule has 2 heterocycles. The summed E-state index contributed by atoms with van der Waals surface area (Å²) in [7, 11) is 0. The first-order valence-electron chi connectivity index (χ1n) is 8.08. The Kier molecular flexibility index (Phi) is 4.39. The van der Waals surface area contributed by atoms with Crippen molar-refractivity contribution in [1.82, 2.24) is 4.98 Å². The number of anilines is 1. The molecule has 0 bridgehead atoms. The normalized spacial score (nSPS) is 19.6. The van der Waals surface area contributed by atoms with Crippen LogP contribution in [0.5, 0.6) is 0 Å². The highest BCUT2D eigenvalue weighted by molar-refractivity contribution is 8.14. The fourth-order valence-corrected chi connectivity index (χ4v) is 4.99. The van der Waals surface area contributed by atoms with E-state index in [1.54, 1.807) is 0 Å². The van der Waals surface area contributed by atoms with E-state index in [4.69, 9.17) is 0 Å². The largest absolute Gasteiger partial charge is 0.367 e. The van der Waals surface area contributed by atoms with Gasteiger partial charge in [0.05, 0.1) is 21.0 Å². The van der Waals surface area contributed by atoms with Crippen molar-refractivity contribution >= 4 is 61.1 Å². The number of carbonyl (C=O) groups excluding carboxylic acids is 2. The lowest BCUT2D eigenvalue weighted by Gasteiger charge is -2.16. The van der Waals surface area contributed by atoms with Crippen LogP contribution >= 0.6 is 23.1 Å². The number of carbonyl (C=O) groups is 2. The highest BCUT2D eigenvalue weighted by Gasteiger charge is 2.32. The van der Waals surface area contributed by atoms with E-state index in [0.29, 0.717) is 5.13 Å². The molecular weight excluding hydrogens is 356 g/mol. The molecule has 0 saturated heterocycles. The Morgan fingerprint density at radius 2 is 2.28 bits per heavy atom. The van der Waals surface area contributed by atoms with E-state index >= 15 is 0 Å². The highest BCUT2D eigenvalue weighted by Crippen LogP contribution is 2.32. The molecule has 8 heteroatoms. The van der Waals surface area contributed by atoms with Crippen LogP contribution in [0.1, 0.15) is 24.8 Å². The molecule has 1 fully saturated rings. The number of benzene rings is 1. The van der Waals surface area contributed by atoms with Gasteiger partial charge in [0.2, 0.25) is 5.91 Å². The number of aliphatic imine (C=N–C) groups is 2. The summed E-state index contributed by atoms with van der Waals surface area (Å²) in [4.78, 5) is 36.2. The molecule has 1 N–H and O–H groups in total. The number of rotatable bonds is 3. The predicted octanol–water partition coefficient (Wildman–Crippen LogP) is 4.05. The van der Waals surface area contributed by atoms with Crippen molar-refractivity contribution in [3.63, 3.8) is 0 Å². The summed E-state index contributed by atoms with van der Waals surface area (Å²) in [6.07, 6.45) is 2.83. The molecule has 128 valence electrons. The van der Waals surface area contributed by atoms with E-state index in [1.165, 1.54) is 28.7 Å². The minimum absolute atomic E-state index is 0.126. The number of hydrogen-bond acceptors (Lipinski definition) is 5. The smallest absolute Gasteiger partial charge is 0.301 e. The Bertz CT molecular complexity index is 932. The van der Waals surface area contributed by atoms with Crippen LogP contribution in [0.3, 0.4) is 0 Å². The molecule has 25 heavy (non-hydrogen) atoms. The minimum atomic E-state index is -0.447. The van der Waals surface area contributed by atoms with Gasteiger partial charge in [-0.25, -0.2) is 14.8 Å². The Balaban J connectivity index is 1.39. The Hall–Kier alpha value is -2.06. The SMILES string of the molecule is Cc1ccc2nc(NC(=O)CSC3=NC(=O)N=C4CCCC43)sc2c1. The Labute approximate surface area is 152 Å². The molecule has 1 atom stereocenters. The van der Waals surface area contributed by atoms with Gasteiger partial charge >= 0.3 is 6.03 Å². The van der Waals surface area contributed by atoms with Gasteiger partial charge in [-0.05, 0) is 43.9 Å². The molecule has 0 spiro atoms. The number of urea groups is 1. The number of thioether (sulfide) groups is 1. The third-order valence-corrected chi connectivity index (χ3v) is 6.22. The summed E-state index contributed by atoms with van der Waals surface area (Å²) in [6.45, 7) is 2.03. The fraction of sp³-hybridized carbons (Fsp3) is 0.353. The van der Waals surface area contributed by atoms with Crippen molar-refractivity contribution in [1.29, 1.82) is 0 Å². The Morgan fingerprint density at radius 3 is 3.16 bits per heavy atom. The minimum Gasteiger partial charge on any atom is -0.301 e. The predicted molar refractivity (Wildman–Crippen MR) is 103 cm³/mol. The van der Waals surface area contributed by atoms with Crippen molar-refractivity contribution in [3.8, 4) is 0 Å². The van der Waals surface area contributed by atoms with Crippen LogP contribution in [0, 0.1) is 12.8 Å². The van der Waals surface area contributed by atoms with Crippen molar-refractivity contribution in [2.75, 3.05) is 11.1 Å². The third-order valence-electron chi connectivity index (χ3n) is 4.21. The summed E-state index contributed by atoms with van der Waals surface area (Å²) in [5, 5.41) is 4.16. The zero-order valence-corrected chi connectivity index (χ0v) is 15.2. The van der Waals surface area contributed by atoms with Crippen LogP contribution in [0.25, 0.3) is 10.2 Å². The number of fused-ring (bicyclic) bond motifs is 2. The quantitative estimate of drug-likeness (QED) is 0.881. The number of nitrogens with one attached hydrogen (secondary N) is 1. The molecule has 1 aliphatic heterocycles. The van der Waals surface area contributed by atoms with Gasteiger partial charge in [-0.15, -0.1) is 0 Å². The van der Waals surface area contributed by atoms with E-state index in [-0.39, 0.29) is 17.6 Å². The molecule has 3 amide bonds. The van der Waals surface area contributed by atoms with Gasteiger partial charge in [0.1, 0.15) is 0 Å². The standard InChI is InChI=1S/C17H16N4O2S2/c1-9-5-6-12-13(7-9)25-17(19-12)20-14(22)8-24-15-10-3-2-4-11(10)18-16(23)21-15/h5-7,10H,2-4,8H2,1H3,(H,19,20,22). The maximum Gasteiger partial charge on any atom is 0.367 e. The van der Waals surface area contributed by atoms with Crippen molar-refractivity contribution < 1.29 is 9.59 Å². The molecule has 0 radical (unpaired) electrons. The zero-order chi connectivity index (χ0) is 17.4. The summed E-state index contributed by atoms with van der Waals surface area (Å²) >= 11 is 2.79. The first-order chi connectivity index (χ1) is 12.1. The molecule has 6 nitrogen and oxygen atoms in total. The van der Waals surface area contributed by atoms with E-state index in [9.17, 15) is 9.59 Å². The van der Waals surface area contributed by atoms with Crippen LogP contribution in [-0.4, -0.2) is 33.4 Å². The average Bonchev–Trinajstić information content (AvgIpc) is 3.18. The zero-order valence-electron chi connectivity index (χ0n) is 13.6. The van der Waals surface area contributed by atoms with Crippen LogP contribution in [0.2, 0.25) is 0 Å². The Morgan fingerprint density at radius 1 is 1.40 bits per heavy atom. The first-order valence-corrected chi connectivity index (χ1v) is 9.88. The molecular formula is C17H16N4O2S2. The highest BCUT2D eigenvalue weighted by atomic mass is 32.2. The summed E-state index contributed by atoms with van der Waals surface area (Å²) in [5.74, 6) is 0.198. The second-order valence-electron chi connectivity index (χ2n) is 6.11. The van der Waals surface area contributed by atoms with Gasteiger partial charge in [0.25, 0.3) is 0 Å². The average molecular weight is 372 g/mol. The molecule has 4 rings (SSSR count). The van der Waals surface area contributed by atoms with E-state index < -0.39 is 6.03 Å². The van der Waals surface area contributed by atoms with Gasteiger partial charge in [-0.3, -0.25) is 4.79 Å². The molecule has 2 aliphatic rings. The monoisotopic (exact) mass is 372 g/mol. The second kappa shape index (κ2) is 6.68. The molecule has 1 unspecified atom stereocenters. The lowest BCUT2D eigenvalue weighted by molar-refractivity contribution is -0.113. The third kappa shape index (κ3) is 3.50. The van der Waals surface area contributed by atoms with Gasteiger partial charge in [0.15, 0.2) is 5.13 Å². The van der Waals surface area contributed by atoms with Crippen molar-refractivity contribution in [2.24, 2.45) is 15.9 Å². The van der Waals surface area contributed by atoms with Gasteiger partial charge < -0.3 is 5.32 Å². The second-order valence-corrected chi connectivity index (χ2v) is 8.13. The van der Waals surface area contributed by atoms with Crippen LogP contribution in [0.15, 0.2) is 28.2 Å². The van der Waals surface area contributed by atoms with Crippen LogP contribution in [0.4, 0.5) is 9.93 Å². The fourth-order valence-electron chi connectivity index (χ4n) is 3.06.